The smallest absolute Gasteiger partial charge is 0.340 e. The van der Waals surface area contributed by atoms with Crippen molar-refractivity contribution in [2.24, 2.45) is 0 Å². The third-order valence-corrected chi connectivity index (χ3v) is 3.05. The minimum atomic E-state index is -0.536. The van der Waals surface area contributed by atoms with Gasteiger partial charge in [-0.3, -0.25) is 4.79 Å². The molecule has 0 spiro atoms. The van der Waals surface area contributed by atoms with E-state index in [-0.39, 0.29) is 6.10 Å². The van der Waals surface area contributed by atoms with Gasteiger partial charge in [-0.05, 0) is 24.6 Å². The van der Waals surface area contributed by atoms with Crippen LogP contribution in [-0.4, -0.2) is 11.2 Å². The van der Waals surface area contributed by atoms with E-state index >= 15 is 0 Å². The molecule has 0 bridgehead atoms. The number of rotatable bonds is 4. The Kier molecular flexibility index (Phi) is 5.00. The zero-order valence-electron chi connectivity index (χ0n) is 11.4. The molecule has 0 aliphatic rings. The maximum atomic E-state index is 12.2. The molecular weight excluding hydrogens is 286 g/mol. The fourth-order valence-electron chi connectivity index (χ4n) is 1.90. The molecule has 2 aromatic carbocycles. The van der Waals surface area contributed by atoms with Crippen molar-refractivity contribution < 1.29 is 14.3 Å². The van der Waals surface area contributed by atoms with Crippen LogP contribution in [-0.2, 0) is 4.74 Å². The molecule has 0 heterocycles. The largest absolute Gasteiger partial charge is 0.454 e. The zero-order chi connectivity index (χ0) is 15.2. The van der Waals surface area contributed by atoms with Gasteiger partial charge in [0.25, 0.3) is 5.24 Å². The third kappa shape index (κ3) is 4.10. The van der Waals surface area contributed by atoms with E-state index in [1.54, 1.807) is 31.2 Å². The number of anilines is 1. The molecule has 4 nitrogen and oxygen atoms in total. The van der Waals surface area contributed by atoms with E-state index in [9.17, 15) is 9.59 Å². The van der Waals surface area contributed by atoms with Gasteiger partial charge in [-0.1, -0.05) is 55.1 Å². The quantitative estimate of drug-likeness (QED) is 0.661. The van der Waals surface area contributed by atoms with Crippen LogP contribution in [0.25, 0.3) is 0 Å². The van der Waals surface area contributed by atoms with Crippen molar-refractivity contribution in [2.45, 2.75) is 13.0 Å². The molecule has 0 saturated carbocycles. The lowest BCUT2D eigenvalue weighted by Gasteiger charge is -2.15. The Labute approximate surface area is 128 Å². The topological polar surface area (TPSA) is 55.4 Å². The summed E-state index contributed by atoms with van der Waals surface area (Å²) in [5.41, 5.74) is 1.58. The van der Waals surface area contributed by atoms with Gasteiger partial charge in [0.05, 0.1) is 11.3 Å². The number of esters is 1. The highest BCUT2D eigenvalue weighted by Gasteiger charge is 2.17. The second-order valence-corrected chi connectivity index (χ2v) is 4.84. The van der Waals surface area contributed by atoms with Gasteiger partial charge in [0.1, 0.15) is 6.10 Å². The molecule has 0 aromatic heterocycles. The van der Waals surface area contributed by atoms with Crippen LogP contribution in [0, 0.1) is 0 Å². The van der Waals surface area contributed by atoms with Crippen LogP contribution in [0.4, 0.5) is 10.5 Å². The van der Waals surface area contributed by atoms with Gasteiger partial charge in [0.15, 0.2) is 0 Å². The van der Waals surface area contributed by atoms with E-state index in [0.29, 0.717) is 11.3 Å². The molecule has 1 N–H and O–H groups in total. The van der Waals surface area contributed by atoms with Crippen molar-refractivity contribution in [3.63, 3.8) is 0 Å². The van der Waals surface area contributed by atoms with E-state index in [4.69, 9.17) is 4.74 Å². The predicted octanol–water partition coefficient (Wildman–Crippen LogP) is 4.07. The SMILES string of the molecule is CC(OC(=O)c1ccccc1NC(=O)S)c1ccccc1. The lowest BCUT2D eigenvalue weighted by atomic mass is 10.1. The highest BCUT2D eigenvalue weighted by atomic mass is 32.1. The Morgan fingerprint density at radius 1 is 1.05 bits per heavy atom. The van der Waals surface area contributed by atoms with Crippen molar-refractivity contribution in [2.75, 3.05) is 5.32 Å². The molecule has 1 amide bonds. The Morgan fingerprint density at radius 3 is 2.33 bits per heavy atom. The standard InChI is InChI=1S/C16H15NO3S/c1-11(12-7-3-2-4-8-12)20-15(18)13-9-5-6-10-14(13)17-16(19)21/h2-11H,1H3,(H2,17,19,21). The lowest BCUT2D eigenvalue weighted by molar-refractivity contribution is 0.0339. The molecule has 1 atom stereocenters. The monoisotopic (exact) mass is 301 g/mol. The highest BCUT2D eigenvalue weighted by molar-refractivity contribution is 7.96. The number of hydrogen-bond acceptors (Lipinski definition) is 3. The Hall–Kier alpha value is -2.27. The second kappa shape index (κ2) is 6.95. The third-order valence-electron chi connectivity index (χ3n) is 2.94. The average Bonchev–Trinajstić information content (AvgIpc) is 2.48. The molecule has 0 aliphatic heterocycles. The van der Waals surface area contributed by atoms with Gasteiger partial charge < -0.3 is 10.1 Å². The van der Waals surface area contributed by atoms with Crippen LogP contribution in [0.5, 0.6) is 0 Å². The average molecular weight is 301 g/mol. The van der Waals surface area contributed by atoms with Crippen molar-refractivity contribution >= 4 is 29.5 Å². The van der Waals surface area contributed by atoms with E-state index < -0.39 is 11.2 Å². The molecule has 0 fully saturated rings. The fraction of sp³-hybridized carbons (Fsp3) is 0.125. The summed E-state index contributed by atoms with van der Waals surface area (Å²) in [5.74, 6) is -0.496. The minimum absolute atomic E-state index is 0.294. The molecule has 1 unspecified atom stereocenters. The lowest BCUT2D eigenvalue weighted by Crippen LogP contribution is -2.13. The number of thiol groups is 1. The van der Waals surface area contributed by atoms with Crippen LogP contribution >= 0.6 is 12.6 Å². The summed E-state index contributed by atoms with van der Waals surface area (Å²) in [6, 6.07) is 16.1. The maximum absolute atomic E-state index is 12.2. The fourth-order valence-corrected chi connectivity index (χ4v) is 2.02. The van der Waals surface area contributed by atoms with Gasteiger partial charge in [0, 0.05) is 0 Å². The van der Waals surface area contributed by atoms with Crippen molar-refractivity contribution in [3.8, 4) is 0 Å². The zero-order valence-corrected chi connectivity index (χ0v) is 12.3. The summed E-state index contributed by atoms with van der Waals surface area (Å²) in [4.78, 5) is 23.3. The molecular formula is C16H15NO3S. The summed E-state index contributed by atoms with van der Waals surface area (Å²) < 4.78 is 5.43. The van der Waals surface area contributed by atoms with Crippen LogP contribution in [0.1, 0.15) is 28.9 Å². The van der Waals surface area contributed by atoms with Crippen LogP contribution in [0.15, 0.2) is 54.6 Å². The number of carbonyl (C=O) groups excluding carboxylic acids is 2. The summed E-state index contributed by atoms with van der Waals surface area (Å²) in [6.45, 7) is 1.80. The summed E-state index contributed by atoms with van der Waals surface area (Å²) in [7, 11) is 0. The first-order valence-corrected chi connectivity index (χ1v) is 6.87. The normalized spacial score (nSPS) is 11.5. The number of para-hydroxylation sites is 1. The molecule has 0 radical (unpaired) electrons. The number of carbonyl (C=O) groups is 2. The van der Waals surface area contributed by atoms with E-state index in [1.165, 1.54) is 0 Å². The van der Waals surface area contributed by atoms with Crippen LogP contribution in [0.2, 0.25) is 0 Å². The number of amides is 1. The van der Waals surface area contributed by atoms with Crippen LogP contribution < -0.4 is 5.32 Å². The van der Waals surface area contributed by atoms with E-state index in [2.05, 4.69) is 17.9 Å². The summed E-state index contributed by atoms with van der Waals surface area (Å²) in [5, 5.41) is 1.96. The second-order valence-electron chi connectivity index (χ2n) is 4.43. The van der Waals surface area contributed by atoms with Gasteiger partial charge in [-0.25, -0.2) is 4.79 Å². The first-order chi connectivity index (χ1) is 10.1. The molecule has 5 heteroatoms. The van der Waals surface area contributed by atoms with E-state index in [1.807, 2.05) is 30.3 Å². The van der Waals surface area contributed by atoms with Crippen LogP contribution in [0.3, 0.4) is 0 Å². The Morgan fingerprint density at radius 2 is 1.67 bits per heavy atom. The number of hydrogen-bond donors (Lipinski definition) is 2. The first kappa shape index (κ1) is 15.1. The minimum Gasteiger partial charge on any atom is -0.454 e. The molecule has 21 heavy (non-hydrogen) atoms. The predicted molar refractivity (Wildman–Crippen MR) is 84.7 cm³/mol. The van der Waals surface area contributed by atoms with Gasteiger partial charge in [-0.2, -0.15) is 0 Å². The summed E-state index contributed by atoms with van der Waals surface area (Å²) >= 11 is 3.65. The summed E-state index contributed by atoms with van der Waals surface area (Å²) in [6.07, 6.45) is -0.376. The molecule has 0 saturated heterocycles. The number of ether oxygens (including phenoxy) is 1. The number of benzene rings is 2. The van der Waals surface area contributed by atoms with Crippen molar-refractivity contribution in [1.29, 1.82) is 0 Å². The molecule has 108 valence electrons. The van der Waals surface area contributed by atoms with Gasteiger partial charge in [-0.15, -0.1) is 0 Å². The highest BCUT2D eigenvalue weighted by Crippen LogP contribution is 2.22. The maximum Gasteiger partial charge on any atom is 0.340 e. The van der Waals surface area contributed by atoms with E-state index in [0.717, 1.165) is 5.56 Å². The van der Waals surface area contributed by atoms with Crippen molar-refractivity contribution in [3.05, 3.63) is 65.7 Å². The Balaban J connectivity index is 2.15. The molecule has 2 rings (SSSR count). The van der Waals surface area contributed by atoms with Crippen molar-refractivity contribution in [1.82, 2.24) is 0 Å². The molecule has 0 aliphatic carbocycles. The molecule has 2 aromatic rings. The van der Waals surface area contributed by atoms with Gasteiger partial charge in [0.2, 0.25) is 0 Å². The number of nitrogens with one attached hydrogen (secondary N) is 1. The first-order valence-electron chi connectivity index (χ1n) is 6.43. The van der Waals surface area contributed by atoms with Gasteiger partial charge >= 0.3 is 5.97 Å². The Bertz CT molecular complexity index is 643.